The van der Waals surface area contributed by atoms with E-state index < -0.39 is 0 Å². The van der Waals surface area contributed by atoms with Crippen molar-refractivity contribution in [3.8, 4) is 0 Å². The first-order chi connectivity index (χ1) is 6.16. The summed E-state index contributed by atoms with van der Waals surface area (Å²) in [5.74, 6) is 0. The third-order valence-corrected chi connectivity index (χ3v) is 2.12. The highest BCUT2D eigenvalue weighted by atomic mass is 35.5. The van der Waals surface area contributed by atoms with Crippen molar-refractivity contribution in [2.24, 2.45) is 0 Å². The lowest BCUT2D eigenvalue weighted by Crippen LogP contribution is -2.06. The van der Waals surface area contributed by atoms with Gasteiger partial charge in [0.2, 0.25) is 5.28 Å². The first kappa shape index (κ1) is 8.51. The zero-order valence-electron chi connectivity index (χ0n) is 7.08. The third-order valence-electron chi connectivity index (χ3n) is 1.94. The van der Waals surface area contributed by atoms with Gasteiger partial charge in [-0.05, 0) is 24.6 Å². The van der Waals surface area contributed by atoms with Crippen molar-refractivity contribution >= 4 is 35.8 Å². The van der Waals surface area contributed by atoms with Crippen LogP contribution in [0, 0.1) is 6.92 Å². The molecule has 0 saturated heterocycles. The molecule has 2 aromatic rings. The van der Waals surface area contributed by atoms with Crippen LogP contribution in [-0.2, 0) is 0 Å². The Kier molecular flexibility index (Phi) is 1.96. The minimum absolute atomic E-state index is 0.261. The van der Waals surface area contributed by atoms with Crippen molar-refractivity contribution in [2.75, 3.05) is 0 Å². The number of benzene rings is 1. The van der Waals surface area contributed by atoms with Crippen LogP contribution >= 0.6 is 11.6 Å². The number of halogens is 1. The summed E-state index contributed by atoms with van der Waals surface area (Å²) in [5.41, 5.74) is 2.58. The van der Waals surface area contributed by atoms with Gasteiger partial charge in [-0.25, -0.2) is 9.97 Å². The van der Waals surface area contributed by atoms with Crippen LogP contribution < -0.4 is 5.46 Å². The van der Waals surface area contributed by atoms with Gasteiger partial charge in [0.05, 0.1) is 5.52 Å². The molecule has 0 saturated carbocycles. The average Bonchev–Trinajstić information content (AvgIpc) is 2.08. The van der Waals surface area contributed by atoms with Crippen molar-refractivity contribution in [1.82, 2.24) is 9.97 Å². The average molecular weight is 188 g/mol. The zero-order valence-corrected chi connectivity index (χ0v) is 7.84. The molecule has 2 rings (SSSR count). The maximum atomic E-state index is 5.74. The number of hydrogen-bond acceptors (Lipinski definition) is 2. The fourth-order valence-electron chi connectivity index (χ4n) is 1.18. The van der Waals surface area contributed by atoms with E-state index in [4.69, 9.17) is 19.4 Å². The van der Waals surface area contributed by atoms with E-state index in [0.717, 1.165) is 21.9 Å². The van der Waals surface area contributed by atoms with Gasteiger partial charge in [0.15, 0.2) is 0 Å². The van der Waals surface area contributed by atoms with Gasteiger partial charge in [-0.1, -0.05) is 17.1 Å². The molecule has 1 heterocycles. The Morgan fingerprint density at radius 3 is 2.92 bits per heavy atom. The molecule has 0 bridgehead atoms. The van der Waals surface area contributed by atoms with Gasteiger partial charge in [-0.3, -0.25) is 0 Å². The summed E-state index contributed by atoms with van der Waals surface area (Å²) in [7, 11) is 5.74. The van der Waals surface area contributed by atoms with Crippen LogP contribution in [0.4, 0.5) is 0 Å². The Labute approximate surface area is 82.4 Å². The number of aromatic nitrogens is 2. The van der Waals surface area contributed by atoms with E-state index in [2.05, 4.69) is 9.97 Å². The standard InChI is InChI=1S/C9H6BClN2/c1-5-2-8-6(3-7(5)10)4-12-9(11)13-8/h2-4H,1H3. The lowest BCUT2D eigenvalue weighted by molar-refractivity contribution is 1.22. The summed E-state index contributed by atoms with van der Waals surface area (Å²) in [4.78, 5) is 7.95. The molecule has 2 nitrogen and oxygen atoms in total. The Morgan fingerprint density at radius 2 is 2.15 bits per heavy atom. The molecule has 1 aromatic heterocycles. The van der Waals surface area contributed by atoms with Gasteiger partial charge in [0.1, 0.15) is 7.85 Å². The highest BCUT2D eigenvalue weighted by Crippen LogP contribution is 2.12. The number of aryl methyl sites for hydroxylation is 1. The van der Waals surface area contributed by atoms with Crippen molar-refractivity contribution in [3.05, 3.63) is 29.2 Å². The van der Waals surface area contributed by atoms with Gasteiger partial charge < -0.3 is 0 Å². The Morgan fingerprint density at radius 1 is 1.38 bits per heavy atom. The summed E-state index contributed by atoms with van der Waals surface area (Å²) >= 11 is 5.66. The summed E-state index contributed by atoms with van der Waals surface area (Å²) in [6, 6.07) is 3.75. The largest absolute Gasteiger partial charge is 0.226 e. The van der Waals surface area contributed by atoms with E-state index in [-0.39, 0.29) is 5.28 Å². The van der Waals surface area contributed by atoms with Gasteiger partial charge in [-0.15, -0.1) is 0 Å². The molecule has 0 amide bonds. The molecule has 0 atom stereocenters. The highest BCUT2D eigenvalue weighted by molar-refractivity contribution is 6.34. The molecule has 0 N–H and O–H groups in total. The predicted molar refractivity (Wildman–Crippen MR) is 54.7 cm³/mol. The minimum Gasteiger partial charge on any atom is -0.226 e. The molecule has 0 aliphatic rings. The maximum absolute atomic E-state index is 5.74. The SMILES string of the molecule is [B]c1cc2cnc(Cl)nc2cc1C. The first-order valence-electron chi connectivity index (χ1n) is 3.85. The fraction of sp³-hybridized carbons (Fsp3) is 0.111. The van der Waals surface area contributed by atoms with Crippen LogP contribution in [-0.4, -0.2) is 17.8 Å². The predicted octanol–water partition coefficient (Wildman–Crippen LogP) is 1.39. The summed E-state index contributed by atoms with van der Waals surface area (Å²) in [6.07, 6.45) is 1.67. The Bertz CT molecular complexity index is 470. The van der Waals surface area contributed by atoms with Crippen LogP contribution in [0.25, 0.3) is 10.9 Å². The van der Waals surface area contributed by atoms with E-state index in [1.807, 2.05) is 19.1 Å². The van der Waals surface area contributed by atoms with Gasteiger partial charge in [0, 0.05) is 11.6 Å². The van der Waals surface area contributed by atoms with Crippen LogP contribution in [0.1, 0.15) is 5.56 Å². The second kappa shape index (κ2) is 3.00. The van der Waals surface area contributed by atoms with E-state index in [1.165, 1.54) is 0 Å². The molecule has 62 valence electrons. The quantitative estimate of drug-likeness (QED) is 0.461. The minimum atomic E-state index is 0.261. The molecule has 0 aliphatic carbocycles. The number of hydrogen-bond donors (Lipinski definition) is 0. The molecule has 13 heavy (non-hydrogen) atoms. The van der Waals surface area contributed by atoms with E-state index in [0.29, 0.717) is 0 Å². The highest BCUT2D eigenvalue weighted by Gasteiger charge is 1.99. The normalized spacial score (nSPS) is 10.6. The van der Waals surface area contributed by atoms with Gasteiger partial charge in [-0.2, -0.15) is 0 Å². The number of rotatable bonds is 0. The molecule has 1 aromatic carbocycles. The third kappa shape index (κ3) is 1.52. The smallest absolute Gasteiger partial charge is 0.222 e. The van der Waals surface area contributed by atoms with Gasteiger partial charge >= 0.3 is 0 Å². The summed E-state index contributed by atoms with van der Waals surface area (Å²) in [5, 5.41) is 1.17. The van der Waals surface area contributed by atoms with E-state index in [1.54, 1.807) is 6.20 Å². The van der Waals surface area contributed by atoms with Crippen LogP contribution in [0.2, 0.25) is 5.28 Å². The molecule has 0 fully saturated rings. The molecule has 0 unspecified atom stereocenters. The van der Waals surface area contributed by atoms with E-state index >= 15 is 0 Å². The molecular weight excluding hydrogens is 182 g/mol. The monoisotopic (exact) mass is 188 g/mol. The number of fused-ring (bicyclic) bond motifs is 1. The summed E-state index contributed by atoms with van der Waals surface area (Å²) < 4.78 is 0. The van der Waals surface area contributed by atoms with Crippen LogP contribution in [0.3, 0.4) is 0 Å². The van der Waals surface area contributed by atoms with Gasteiger partial charge in [0.25, 0.3) is 0 Å². The number of nitrogens with zero attached hydrogens (tertiary/aromatic N) is 2. The van der Waals surface area contributed by atoms with Crippen LogP contribution in [0.15, 0.2) is 18.3 Å². The van der Waals surface area contributed by atoms with Crippen molar-refractivity contribution in [2.45, 2.75) is 6.92 Å². The second-order valence-corrected chi connectivity index (χ2v) is 3.24. The fourth-order valence-corrected chi connectivity index (χ4v) is 1.32. The van der Waals surface area contributed by atoms with Crippen molar-refractivity contribution in [3.63, 3.8) is 0 Å². The molecule has 4 heteroatoms. The zero-order chi connectivity index (χ0) is 9.42. The molecule has 0 spiro atoms. The molecular formula is C9H6BClN2. The lowest BCUT2D eigenvalue weighted by Gasteiger charge is -2.02. The lowest BCUT2D eigenvalue weighted by atomic mass is 9.90. The van der Waals surface area contributed by atoms with Crippen molar-refractivity contribution in [1.29, 1.82) is 0 Å². The van der Waals surface area contributed by atoms with Crippen molar-refractivity contribution < 1.29 is 0 Å². The summed E-state index contributed by atoms with van der Waals surface area (Å²) in [6.45, 7) is 1.94. The van der Waals surface area contributed by atoms with E-state index in [9.17, 15) is 0 Å². The molecule has 0 aliphatic heterocycles. The Balaban J connectivity index is 2.81. The van der Waals surface area contributed by atoms with Crippen LogP contribution in [0.5, 0.6) is 0 Å². The topological polar surface area (TPSA) is 25.8 Å². The molecule has 2 radical (unpaired) electrons. The second-order valence-electron chi connectivity index (χ2n) is 2.91. The maximum Gasteiger partial charge on any atom is 0.222 e. The Hall–Kier alpha value is -1.09. The first-order valence-corrected chi connectivity index (χ1v) is 4.23.